The Hall–Kier alpha value is -1.40. The van der Waals surface area contributed by atoms with Gasteiger partial charge < -0.3 is 5.32 Å². The van der Waals surface area contributed by atoms with Crippen molar-refractivity contribution in [2.75, 3.05) is 6.54 Å². The highest BCUT2D eigenvalue weighted by molar-refractivity contribution is 7.89. The standard InChI is InChI=1S/C17H26N2O3S/c1-17(2,3)12-18-16(20)11-6-13-4-9-15(10-5-13)23(21,22)19-14-7-8-14/h4-5,9-10,14,19H,6-8,11-12H2,1-3H3,(H,18,20). The van der Waals surface area contributed by atoms with Crippen molar-refractivity contribution < 1.29 is 13.2 Å². The smallest absolute Gasteiger partial charge is 0.240 e. The molecule has 0 aromatic heterocycles. The Morgan fingerprint density at radius 3 is 2.30 bits per heavy atom. The molecule has 0 bridgehead atoms. The molecule has 0 saturated heterocycles. The van der Waals surface area contributed by atoms with E-state index in [0.29, 0.717) is 19.4 Å². The Morgan fingerprint density at radius 2 is 1.78 bits per heavy atom. The number of carbonyl (C=O) groups is 1. The number of rotatable bonds is 7. The Kier molecular flexibility index (Phi) is 5.47. The van der Waals surface area contributed by atoms with Gasteiger partial charge in [0.05, 0.1) is 4.90 Å². The number of hydrogen-bond acceptors (Lipinski definition) is 3. The number of carbonyl (C=O) groups excluding carboxylic acids is 1. The summed E-state index contributed by atoms with van der Waals surface area (Å²) in [5.74, 6) is 0.0204. The topological polar surface area (TPSA) is 75.3 Å². The van der Waals surface area contributed by atoms with Crippen molar-refractivity contribution in [1.82, 2.24) is 10.0 Å². The van der Waals surface area contributed by atoms with Gasteiger partial charge in [0.25, 0.3) is 0 Å². The van der Waals surface area contributed by atoms with E-state index in [1.54, 1.807) is 24.3 Å². The summed E-state index contributed by atoms with van der Waals surface area (Å²) in [6.07, 6.45) is 2.84. The van der Waals surface area contributed by atoms with E-state index in [4.69, 9.17) is 0 Å². The van der Waals surface area contributed by atoms with Crippen LogP contribution in [-0.2, 0) is 21.2 Å². The largest absolute Gasteiger partial charge is 0.356 e. The molecule has 1 fully saturated rings. The van der Waals surface area contributed by atoms with Crippen molar-refractivity contribution in [3.63, 3.8) is 0 Å². The lowest BCUT2D eigenvalue weighted by atomic mass is 9.97. The average Bonchev–Trinajstić information content (AvgIpc) is 3.26. The number of hydrogen-bond donors (Lipinski definition) is 2. The maximum absolute atomic E-state index is 12.1. The maximum Gasteiger partial charge on any atom is 0.240 e. The lowest BCUT2D eigenvalue weighted by Crippen LogP contribution is -2.32. The molecule has 0 heterocycles. The van der Waals surface area contributed by atoms with Crippen molar-refractivity contribution >= 4 is 15.9 Å². The summed E-state index contributed by atoms with van der Waals surface area (Å²) in [6, 6.07) is 6.86. The van der Waals surface area contributed by atoms with Crippen molar-refractivity contribution in [1.29, 1.82) is 0 Å². The molecule has 2 N–H and O–H groups in total. The van der Waals surface area contributed by atoms with Crippen molar-refractivity contribution in [3.05, 3.63) is 29.8 Å². The molecule has 1 aliphatic carbocycles. The summed E-state index contributed by atoms with van der Waals surface area (Å²) in [5.41, 5.74) is 1.03. The summed E-state index contributed by atoms with van der Waals surface area (Å²) in [6.45, 7) is 6.86. The molecule has 1 aromatic rings. The number of benzene rings is 1. The van der Waals surface area contributed by atoms with Gasteiger partial charge in [-0.2, -0.15) is 0 Å². The zero-order valence-corrected chi connectivity index (χ0v) is 14.9. The van der Waals surface area contributed by atoms with Crippen LogP contribution in [0.5, 0.6) is 0 Å². The van der Waals surface area contributed by atoms with Crippen LogP contribution in [0.25, 0.3) is 0 Å². The molecule has 5 nitrogen and oxygen atoms in total. The average molecular weight is 338 g/mol. The van der Waals surface area contributed by atoms with E-state index in [1.807, 2.05) is 0 Å². The minimum Gasteiger partial charge on any atom is -0.356 e. The Balaban J connectivity index is 1.84. The van der Waals surface area contributed by atoms with E-state index < -0.39 is 10.0 Å². The summed E-state index contributed by atoms with van der Waals surface area (Å²) < 4.78 is 26.8. The van der Waals surface area contributed by atoms with E-state index in [0.717, 1.165) is 18.4 Å². The molecular weight excluding hydrogens is 312 g/mol. The van der Waals surface area contributed by atoms with Gasteiger partial charge in [0, 0.05) is 19.0 Å². The highest BCUT2D eigenvalue weighted by Crippen LogP contribution is 2.22. The summed E-state index contributed by atoms with van der Waals surface area (Å²) >= 11 is 0. The maximum atomic E-state index is 12.1. The Bertz CT molecular complexity index is 641. The van der Waals surface area contributed by atoms with Crippen LogP contribution >= 0.6 is 0 Å². The molecule has 23 heavy (non-hydrogen) atoms. The fraction of sp³-hybridized carbons (Fsp3) is 0.588. The van der Waals surface area contributed by atoms with Crippen molar-refractivity contribution in [3.8, 4) is 0 Å². The zero-order valence-electron chi connectivity index (χ0n) is 14.1. The predicted octanol–water partition coefficient (Wildman–Crippen LogP) is 2.22. The van der Waals surface area contributed by atoms with E-state index >= 15 is 0 Å². The van der Waals surface area contributed by atoms with Gasteiger partial charge in [-0.15, -0.1) is 0 Å². The molecule has 1 saturated carbocycles. The molecule has 128 valence electrons. The third-order valence-electron chi connectivity index (χ3n) is 3.59. The third-order valence-corrected chi connectivity index (χ3v) is 5.13. The fourth-order valence-corrected chi connectivity index (χ4v) is 3.34. The first-order valence-electron chi connectivity index (χ1n) is 8.04. The molecule has 0 spiro atoms. The summed E-state index contributed by atoms with van der Waals surface area (Å²) in [7, 11) is -3.40. The van der Waals surface area contributed by atoms with Gasteiger partial charge in [-0.3, -0.25) is 4.79 Å². The number of aryl methyl sites for hydroxylation is 1. The molecule has 0 atom stereocenters. The van der Waals surface area contributed by atoms with E-state index in [2.05, 4.69) is 30.8 Å². The van der Waals surface area contributed by atoms with E-state index in [9.17, 15) is 13.2 Å². The van der Waals surface area contributed by atoms with Crippen molar-refractivity contribution in [2.45, 2.75) is 57.4 Å². The molecule has 0 aliphatic heterocycles. The summed E-state index contributed by atoms with van der Waals surface area (Å²) in [5, 5.41) is 2.91. The number of amides is 1. The van der Waals surface area contributed by atoms with Crippen LogP contribution in [0.4, 0.5) is 0 Å². The van der Waals surface area contributed by atoms with Gasteiger partial charge in [-0.05, 0) is 42.4 Å². The molecule has 1 amide bonds. The van der Waals surface area contributed by atoms with E-state index in [-0.39, 0.29) is 22.3 Å². The number of nitrogens with one attached hydrogen (secondary N) is 2. The second-order valence-electron chi connectivity index (χ2n) is 7.38. The third kappa shape index (κ3) is 6.31. The first-order chi connectivity index (χ1) is 10.7. The van der Waals surface area contributed by atoms with Crippen LogP contribution in [0.2, 0.25) is 0 Å². The van der Waals surface area contributed by atoms with Gasteiger partial charge >= 0.3 is 0 Å². The highest BCUT2D eigenvalue weighted by atomic mass is 32.2. The monoisotopic (exact) mass is 338 g/mol. The lowest BCUT2D eigenvalue weighted by molar-refractivity contribution is -0.121. The molecule has 0 unspecified atom stereocenters. The minimum atomic E-state index is -3.40. The molecule has 0 radical (unpaired) electrons. The second kappa shape index (κ2) is 7.01. The molecule has 1 aliphatic rings. The van der Waals surface area contributed by atoms with Crippen molar-refractivity contribution in [2.24, 2.45) is 5.41 Å². The van der Waals surface area contributed by atoms with Gasteiger partial charge in [0.2, 0.25) is 15.9 Å². The minimum absolute atomic E-state index is 0.0204. The van der Waals surface area contributed by atoms with Gasteiger partial charge in [0.1, 0.15) is 0 Å². The lowest BCUT2D eigenvalue weighted by Gasteiger charge is -2.18. The second-order valence-corrected chi connectivity index (χ2v) is 9.09. The normalized spacial score (nSPS) is 15.4. The van der Waals surface area contributed by atoms with Gasteiger partial charge in [0.15, 0.2) is 0 Å². The number of sulfonamides is 1. The SMILES string of the molecule is CC(C)(C)CNC(=O)CCc1ccc(S(=O)(=O)NC2CC2)cc1. The Morgan fingerprint density at radius 1 is 1.17 bits per heavy atom. The van der Waals surface area contributed by atoms with Crippen LogP contribution < -0.4 is 10.0 Å². The molecule has 2 rings (SSSR count). The van der Waals surface area contributed by atoms with Crippen LogP contribution in [0, 0.1) is 5.41 Å². The molecule has 6 heteroatoms. The quantitative estimate of drug-likeness (QED) is 0.800. The first kappa shape index (κ1) is 17.9. The van der Waals surface area contributed by atoms with E-state index in [1.165, 1.54) is 0 Å². The predicted molar refractivity (Wildman–Crippen MR) is 90.6 cm³/mol. The van der Waals surface area contributed by atoms with Gasteiger partial charge in [-0.25, -0.2) is 13.1 Å². The summed E-state index contributed by atoms with van der Waals surface area (Å²) in [4.78, 5) is 12.1. The fourth-order valence-electron chi connectivity index (χ4n) is 2.03. The van der Waals surface area contributed by atoms with Crippen LogP contribution in [0.1, 0.15) is 45.6 Å². The van der Waals surface area contributed by atoms with Crippen LogP contribution in [0.15, 0.2) is 29.2 Å². The van der Waals surface area contributed by atoms with Crippen LogP contribution in [0.3, 0.4) is 0 Å². The highest BCUT2D eigenvalue weighted by Gasteiger charge is 2.27. The molecular formula is C17H26N2O3S. The van der Waals surface area contributed by atoms with Crippen LogP contribution in [-0.4, -0.2) is 26.9 Å². The zero-order chi connectivity index (χ0) is 17.1. The Labute approximate surface area is 138 Å². The molecule has 1 aromatic carbocycles. The van der Waals surface area contributed by atoms with Gasteiger partial charge in [-0.1, -0.05) is 32.9 Å². The first-order valence-corrected chi connectivity index (χ1v) is 9.52.